The largest absolute Gasteiger partial charge is 0.398 e. The average Bonchev–Trinajstić information content (AvgIpc) is 2.83. The van der Waals surface area contributed by atoms with Gasteiger partial charge in [0.15, 0.2) is 0 Å². The molecule has 1 saturated heterocycles. The van der Waals surface area contributed by atoms with Gasteiger partial charge in [-0.05, 0) is 32.3 Å². The van der Waals surface area contributed by atoms with Crippen LogP contribution in [0.2, 0.25) is 0 Å². The maximum Gasteiger partial charge on any atom is 0.375 e. The summed E-state index contributed by atoms with van der Waals surface area (Å²) in [6, 6.07) is 8.21. The molecule has 0 bridgehead atoms. The lowest BCUT2D eigenvalue weighted by atomic mass is 10.1. The fourth-order valence-corrected chi connectivity index (χ4v) is 2.74. The van der Waals surface area contributed by atoms with E-state index in [-0.39, 0.29) is 0 Å². The van der Waals surface area contributed by atoms with Crippen molar-refractivity contribution in [3.8, 4) is 0 Å². The quantitative estimate of drug-likeness (QED) is 0.787. The van der Waals surface area contributed by atoms with E-state index < -0.39 is 0 Å². The van der Waals surface area contributed by atoms with E-state index in [1.54, 1.807) is 0 Å². The SMILES string of the molecule is CC[n+]1c(C=CN2CCCCC2)oc2ccccc21. The van der Waals surface area contributed by atoms with Crippen molar-refractivity contribution in [1.29, 1.82) is 0 Å². The molecule has 2 heterocycles. The Labute approximate surface area is 114 Å². The van der Waals surface area contributed by atoms with Crippen LogP contribution in [-0.4, -0.2) is 18.0 Å². The molecule has 0 atom stereocenters. The zero-order valence-electron chi connectivity index (χ0n) is 11.5. The number of hydrogen-bond donors (Lipinski definition) is 0. The number of oxazole rings is 1. The van der Waals surface area contributed by atoms with Crippen LogP contribution in [0.1, 0.15) is 32.1 Å². The number of rotatable bonds is 3. The van der Waals surface area contributed by atoms with E-state index in [2.05, 4.69) is 40.8 Å². The summed E-state index contributed by atoms with van der Waals surface area (Å²) in [4.78, 5) is 2.39. The van der Waals surface area contributed by atoms with Gasteiger partial charge >= 0.3 is 5.89 Å². The third-order valence-electron chi connectivity index (χ3n) is 3.77. The molecule has 1 aliphatic heterocycles. The maximum atomic E-state index is 5.93. The lowest BCUT2D eigenvalue weighted by Gasteiger charge is -2.24. The summed E-state index contributed by atoms with van der Waals surface area (Å²) >= 11 is 0. The standard InChI is InChI=1S/C16H21N2O/c1-2-18-14-8-4-5-9-15(14)19-16(18)10-13-17-11-6-3-7-12-17/h4-5,8-10,13H,2-3,6-7,11-12H2,1H3/q+1. The Morgan fingerprint density at radius 3 is 2.79 bits per heavy atom. The Bertz CT molecular complexity index is 579. The van der Waals surface area contributed by atoms with Crippen molar-refractivity contribution in [2.45, 2.75) is 32.7 Å². The number of para-hydroxylation sites is 2. The van der Waals surface area contributed by atoms with Gasteiger partial charge in [-0.3, -0.25) is 0 Å². The first kappa shape index (κ1) is 12.3. The summed E-state index contributed by atoms with van der Waals surface area (Å²) in [5.74, 6) is 0.939. The Balaban J connectivity index is 1.89. The normalized spacial score (nSPS) is 16.6. The molecular weight excluding hydrogens is 236 g/mol. The summed E-state index contributed by atoms with van der Waals surface area (Å²) in [5.41, 5.74) is 2.13. The van der Waals surface area contributed by atoms with Crippen molar-refractivity contribution in [2.75, 3.05) is 13.1 Å². The highest BCUT2D eigenvalue weighted by Gasteiger charge is 2.18. The van der Waals surface area contributed by atoms with E-state index in [4.69, 9.17) is 4.42 Å². The third-order valence-corrected chi connectivity index (χ3v) is 3.77. The van der Waals surface area contributed by atoms with Crippen LogP contribution in [0.4, 0.5) is 0 Å². The molecule has 1 aromatic carbocycles. The number of fused-ring (bicyclic) bond motifs is 1. The molecule has 3 nitrogen and oxygen atoms in total. The van der Waals surface area contributed by atoms with Crippen LogP contribution in [0.3, 0.4) is 0 Å². The Kier molecular flexibility index (Phi) is 3.53. The second-order valence-corrected chi connectivity index (χ2v) is 5.06. The molecule has 0 saturated carbocycles. The van der Waals surface area contributed by atoms with Crippen LogP contribution in [0.25, 0.3) is 17.2 Å². The molecule has 1 aromatic heterocycles. The molecule has 0 aliphatic carbocycles. The molecule has 1 fully saturated rings. The van der Waals surface area contributed by atoms with Crippen molar-refractivity contribution >= 4 is 17.2 Å². The maximum absolute atomic E-state index is 5.93. The minimum absolute atomic E-state index is 0.927. The molecule has 0 amide bonds. The van der Waals surface area contributed by atoms with Gasteiger partial charge in [0.25, 0.3) is 5.52 Å². The number of likely N-dealkylation sites (tertiary alicyclic amines) is 1. The minimum atomic E-state index is 0.927. The fourth-order valence-electron chi connectivity index (χ4n) is 2.74. The van der Waals surface area contributed by atoms with Gasteiger partial charge < -0.3 is 9.32 Å². The molecule has 0 unspecified atom stereocenters. The number of benzene rings is 1. The van der Waals surface area contributed by atoms with Gasteiger partial charge in [-0.2, -0.15) is 4.57 Å². The molecule has 3 rings (SSSR count). The predicted molar refractivity (Wildman–Crippen MR) is 76.5 cm³/mol. The molecule has 3 heteroatoms. The van der Waals surface area contributed by atoms with E-state index in [1.807, 2.05) is 12.1 Å². The molecular formula is C16H21N2O+. The molecule has 2 aromatic rings. The molecule has 0 N–H and O–H groups in total. The highest BCUT2D eigenvalue weighted by molar-refractivity contribution is 5.69. The van der Waals surface area contributed by atoms with Crippen LogP contribution in [0, 0.1) is 0 Å². The van der Waals surface area contributed by atoms with Crippen molar-refractivity contribution < 1.29 is 8.98 Å². The van der Waals surface area contributed by atoms with Gasteiger partial charge in [-0.25, -0.2) is 0 Å². The zero-order chi connectivity index (χ0) is 13.1. The van der Waals surface area contributed by atoms with E-state index in [1.165, 1.54) is 37.9 Å². The summed E-state index contributed by atoms with van der Waals surface area (Å²) in [6.45, 7) is 5.42. The van der Waals surface area contributed by atoms with Crippen LogP contribution in [0.5, 0.6) is 0 Å². The lowest BCUT2D eigenvalue weighted by Crippen LogP contribution is -2.34. The van der Waals surface area contributed by atoms with Crippen LogP contribution < -0.4 is 4.57 Å². The highest BCUT2D eigenvalue weighted by atomic mass is 16.3. The first-order valence-electron chi connectivity index (χ1n) is 7.22. The number of piperidine rings is 1. The summed E-state index contributed by atoms with van der Waals surface area (Å²) in [5, 5.41) is 0. The number of aryl methyl sites for hydroxylation is 1. The van der Waals surface area contributed by atoms with Gasteiger partial charge in [-0.1, -0.05) is 12.1 Å². The molecule has 100 valence electrons. The number of aromatic nitrogens is 1. The summed E-state index contributed by atoms with van der Waals surface area (Å²) in [6.07, 6.45) is 8.26. The van der Waals surface area contributed by atoms with Crippen molar-refractivity contribution in [3.05, 3.63) is 36.4 Å². The minimum Gasteiger partial charge on any atom is -0.398 e. The van der Waals surface area contributed by atoms with Gasteiger partial charge in [0, 0.05) is 25.4 Å². The van der Waals surface area contributed by atoms with Crippen LogP contribution in [0.15, 0.2) is 34.9 Å². The second kappa shape index (κ2) is 5.47. The predicted octanol–water partition coefficient (Wildman–Crippen LogP) is 3.20. The highest BCUT2D eigenvalue weighted by Crippen LogP contribution is 2.15. The molecule has 1 aliphatic rings. The fraction of sp³-hybridized carbons (Fsp3) is 0.438. The van der Waals surface area contributed by atoms with Gasteiger partial charge in [0.2, 0.25) is 5.58 Å². The third kappa shape index (κ3) is 2.50. The van der Waals surface area contributed by atoms with Gasteiger partial charge in [0.05, 0.1) is 6.08 Å². The Morgan fingerprint density at radius 2 is 2.00 bits per heavy atom. The Hall–Kier alpha value is -1.77. The van der Waals surface area contributed by atoms with Gasteiger partial charge in [0.1, 0.15) is 6.54 Å². The van der Waals surface area contributed by atoms with Gasteiger partial charge in [-0.15, -0.1) is 0 Å². The van der Waals surface area contributed by atoms with E-state index in [9.17, 15) is 0 Å². The topological polar surface area (TPSA) is 20.3 Å². The van der Waals surface area contributed by atoms with E-state index in [0.29, 0.717) is 0 Å². The smallest absolute Gasteiger partial charge is 0.375 e. The molecule has 0 spiro atoms. The molecule has 19 heavy (non-hydrogen) atoms. The van der Waals surface area contributed by atoms with Crippen LogP contribution in [-0.2, 0) is 6.54 Å². The van der Waals surface area contributed by atoms with Crippen molar-refractivity contribution in [3.63, 3.8) is 0 Å². The summed E-state index contributed by atoms with van der Waals surface area (Å²) < 4.78 is 8.15. The second-order valence-electron chi connectivity index (χ2n) is 5.06. The molecule has 0 radical (unpaired) electrons. The zero-order valence-corrected chi connectivity index (χ0v) is 11.5. The summed E-state index contributed by atoms with van der Waals surface area (Å²) in [7, 11) is 0. The van der Waals surface area contributed by atoms with Crippen molar-refractivity contribution in [2.24, 2.45) is 0 Å². The van der Waals surface area contributed by atoms with E-state index >= 15 is 0 Å². The number of hydrogen-bond acceptors (Lipinski definition) is 2. The Morgan fingerprint density at radius 1 is 1.21 bits per heavy atom. The van der Waals surface area contributed by atoms with Crippen molar-refractivity contribution in [1.82, 2.24) is 4.90 Å². The first-order valence-corrected chi connectivity index (χ1v) is 7.22. The average molecular weight is 257 g/mol. The monoisotopic (exact) mass is 257 g/mol. The van der Waals surface area contributed by atoms with E-state index in [0.717, 1.165) is 18.0 Å². The first-order chi connectivity index (χ1) is 9.38. The van der Waals surface area contributed by atoms with Crippen LogP contribution >= 0.6 is 0 Å². The number of nitrogens with zero attached hydrogens (tertiary/aromatic N) is 2. The lowest BCUT2D eigenvalue weighted by molar-refractivity contribution is -0.674.